The van der Waals surface area contributed by atoms with Crippen LogP contribution in [0.1, 0.15) is 51.9 Å². The number of nitrogens with zero attached hydrogens (tertiary/aromatic N) is 4. The Hall–Kier alpha value is -1.39. The Balaban J connectivity index is 1.65. The monoisotopic (exact) mass is 275 g/mol. The molecular weight excluding hydrogens is 250 g/mol. The van der Waals surface area contributed by atoms with Crippen molar-refractivity contribution in [3.63, 3.8) is 0 Å². The first-order chi connectivity index (χ1) is 9.81. The Morgan fingerprint density at radius 2 is 2.00 bits per heavy atom. The highest BCUT2D eigenvalue weighted by atomic mass is 15.3. The molecule has 0 bridgehead atoms. The van der Waals surface area contributed by atoms with Gasteiger partial charge >= 0.3 is 0 Å². The summed E-state index contributed by atoms with van der Waals surface area (Å²) in [6.07, 6.45) is 10.8. The molecular formula is C15H25N5. The molecule has 110 valence electrons. The minimum atomic E-state index is 0.529. The lowest BCUT2D eigenvalue weighted by Gasteiger charge is -2.31. The molecule has 0 spiro atoms. The molecule has 2 fully saturated rings. The molecule has 1 N–H and O–H groups in total. The van der Waals surface area contributed by atoms with Crippen molar-refractivity contribution in [1.29, 1.82) is 0 Å². The Bertz CT molecular complexity index is 430. The summed E-state index contributed by atoms with van der Waals surface area (Å²) in [5.41, 5.74) is 0. The fourth-order valence-electron chi connectivity index (χ4n) is 3.34. The number of anilines is 2. The molecule has 1 aliphatic heterocycles. The first-order valence-electron chi connectivity index (χ1n) is 8.02. The van der Waals surface area contributed by atoms with Gasteiger partial charge in [0.15, 0.2) is 5.82 Å². The summed E-state index contributed by atoms with van der Waals surface area (Å²) in [6.45, 7) is 4.48. The Labute approximate surface area is 121 Å². The maximum atomic E-state index is 4.67. The summed E-state index contributed by atoms with van der Waals surface area (Å²) < 4.78 is 0. The number of nitrogens with one attached hydrogen (secondary N) is 1. The van der Waals surface area contributed by atoms with Gasteiger partial charge in [-0.15, -0.1) is 5.10 Å². The Morgan fingerprint density at radius 3 is 2.80 bits per heavy atom. The van der Waals surface area contributed by atoms with Gasteiger partial charge in [-0.05, 0) is 31.6 Å². The van der Waals surface area contributed by atoms with Gasteiger partial charge < -0.3 is 10.2 Å². The van der Waals surface area contributed by atoms with Gasteiger partial charge in [-0.3, -0.25) is 0 Å². The molecule has 1 saturated carbocycles. The summed E-state index contributed by atoms with van der Waals surface area (Å²) in [7, 11) is 0. The fraction of sp³-hybridized carbons (Fsp3) is 0.800. The van der Waals surface area contributed by atoms with E-state index in [1.807, 2.05) is 0 Å². The fourth-order valence-corrected chi connectivity index (χ4v) is 3.34. The molecule has 1 atom stereocenters. The average Bonchev–Trinajstić information content (AvgIpc) is 2.49. The van der Waals surface area contributed by atoms with Crippen molar-refractivity contribution in [1.82, 2.24) is 15.2 Å². The lowest BCUT2D eigenvalue weighted by Crippen LogP contribution is -2.35. The molecule has 5 heteroatoms. The molecule has 0 amide bonds. The third-order valence-corrected chi connectivity index (χ3v) is 4.47. The largest absolute Gasteiger partial charge is 0.355 e. The molecule has 20 heavy (non-hydrogen) atoms. The minimum Gasteiger partial charge on any atom is -0.355 e. The van der Waals surface area contributed by atoms with E-state index in [2.05, 4.69) is 32.3 Å². The van der Waals surface area contributed by atoms with Gasteiger partial charge in [0.1, 0.15) is 0 Å². The zero-order valence-corrected chi connectivity index (χ0v) is 12.4. The van der Waals surface area contributed by atoms with Gasteiger partial charge in [-0.25, -0.2) is 0 Å². The molecule has 3 rings (SSSR count). The summed E-state index contributed by atoms with van der Waals surface area (Å²) in [5, 5.41) is 11.7. The van der Waals surface area contributed by atoms with E-state index in [-0.39, 0.29) is 0 Å². The molecule has 1 aromatic rings. The number of piperidine rings is 1. The first-order valence-corrected chi connectivity index (χ1v) is 8.02. The van der Waals surface area contributed by atoms with E-state index in [0.717, 1.165) is 24.8 Å². The van der Waals surface area contributed by atoms with Crippen molar-refractivity contribution in [2.24, 2.45) is 5.92 Å². The molecule has 0 radical (unpaired) electrons. The van der Waals surface area contributed by atoms with Crippen LogP contribution in [-0.2, 0) is 0 Å². The maximum Gasteiger partial charge on any atom is 0.244 e. The van der Waals surface area contributed by atoms with Gasteiger partial charge in [0.05, 0.1) is 6.20 Å². The number of hydrogen-bond acceptors (Lipinski definition) is 5. The van der Waals surface area contributed by atoms with Crippen molar-refractivity contribution in [2.75, 3.05) is 23.3 Å². The van der Waals surface area contributed by atoms with Gasteiger partial charge in [0.25, 0.3) is 0 Å². The van der Waals surface area contributed by atoms with Crippen LogP contribution in [0.3, 0.4) is 0 Å². The van der Waals surface area contributed by atoms with E-state index >= 15 is 0 Å². The second-order valence-electron chi connectivity index (χ2n) is 6.31. The number of hydrogen-bond donors (Lipinski definition) is 1. The van der Waals surface area contributed by atoms with E-state index < -0.39 is 0 Å². The first kappa shape index (κ1) is 13.6. The molecule has 5 nitrogen and oxygen atoms in total. The third kappa shape index (κ3) is 3.38. The molecule has 1 unspecified atom stereocenters. The number of rotatable bonds is 3. The normalized spacial score (nSPS) is 24.6. The van der Waals surface area contributed by atoms with Crippen molar-refractivity contribution in [2.45, 2.75) is 57.9 Å². The maximum absolute atomic E-state index is 4.67. The predicted molar refractivity (Wildman–Crippen MR) is 80.9 cm³/mol. The van der Waals surface area contributed by atoms with E-state index in [1.165, 1.54) is 44.9 Å². The SMILES string of the molecule is CC1CCCN(c2cnnc(NC3CCCCC3)n2)C1. The second-order valence-corrected chi connectivity index (χ2v) is 6.31. The van der Waals surface area contributed by atoms with Crippen LogP contribution < -0.4 is 10.2 Å². The van der Waals surface area contributed by atoms with E-state index in [4.69, 9.17) is 0 Å². The molecule has 1 saturated heterocycles. The predicted octanol–water partition coefficient (Wildman–Crippen LogP) is 2.85. The van der Waals surface area contributed by atoms with E-state index in [1.54, 1.807) is 6.20 Å². The Morgan fingerprint density at radius 1 is 1.15 bits per heavy atom. The van der Waals surface area contributed by atoms with Crippen LogP contribution in [0.4, 0.5) is 11.8 Å². The third-order valence-electron chi connectivity index (χ3n) is 4.47. The van der Waals surface area contributed by atoms with Crippen LogP contribution in [0.15, 0.2) is 6.20 Å². The molecule has 0 aromatic carbocycles. The highest BCUT2D eigenvalue weighted by molar-refractivity contribution is 5.41. The van der Waals surface area contributed by atoms with E-state index in [9.17, 15) is 0 Å². The Kier molecular flexibility index (Phi) is 4.33. The van der Waals surface area contributed by atoms with Crippen LogP contribution in [0.2, 0.25) is 0 Å². The lowest BCUT2D eigenvalue weighted by atomic mass is 9.96. The van der Waals surface area contributed by atoms with Gasteiger partial charge in [0, 0.05) is 19.1 Å². The van der Waals surface area contributed by atoms with Gasteiger partial charge in [0.2, 0.25) is 5.95 Å². The van der Waals surface area contributed by atoms with Crippen LogP contribution in [-0.4, -0.2) is 34.3 Å². The molecule has 1 aliphatic carbocycles. The van der Waals surface area contributed by atoms with Gasteiger partial charge in [-0.1, -0.05) is 26.2 Å². The topological polar surface area (TPSA) is 53.9 Å². The molecule has 2 heterocycles. The molecule has 2 aliphatic rings. The standard InChI is InChI=1S/C15H25N5/c1-12-6-5-9-20(11-12)14-10-16-19-15(18-14)17-13-7-3-2-4-8-13/h10,12-13H,2-9,11H2,1H3,(H,17,18,19). The second kappa shape index (κ2) is 6.37. The summed E-state index contributed by atoms with van der Waals surface area (Å²) >= 11 is 0. The van der Waals surface area contributed by atoms with Crippen molar-refractivity contribution >= 4 is 11.8 Å². The number of aromatic nitrogens is 3. The van der Waals surface area contributed by atoms with Crippen molar-refractivity contribution in [3.8, 4) is 0 Å². The highest BCUT2D eigenvalue weighted by Gasteiger charge is 2.19. The van der Waals surface area contributed by atoms with E-state index in [0.29, 0.717) is 12.0 Å². The zero-order valence-electron chi connectivity index (χ0n) is 12.4. The minimum absolute atomic E-state index is 0.529. The average molecular weight is 275 g/mol. The zero-order chi connectivity index (χ0) is 13.8. The van der Waals surface area contributed by atoms with Crippen LogP contribution in [0, 0.1) is 5.92 Å². The quantitative estimate of drug-likeness (QED) is 0.919. The highest BCUT2D eigenvalue weighted by Crippen LogP contribution is 2.23. The smallest absolute Gasteiger partial charge is 0.244 e. The van der Waals surface area contributed by atoms with Crippen LogP contribution in [0.25, 0.3) is 0 Å². The van der Waals surface area contributed by atoms with Crippen molar-refractivity contribution < 1.29 is 0 Å². The van der Waals surface area contributed by atoms with Crippen LogP contribution >= 0.6 is 0 Å². The van der Waals surface area contributed by atoms with Crippen molar-refractivity contribution in [3.05, 3.63) is 6.20 Å². The van der Waals surface area contributed by atoms with Gasteiger partial charge in [-0.2, -0.15) is 10.1 Å². The lowest BCUT2D eigenvalue weighted by molar-refractivity contribution is 0.443. The summed E-state index contributed by atoms with van der Waals surface area (Å²) in [6, 6.07) is 0.529. The summed E-state index contributed by atoms with van der Waals surface area (Å²) in [5.74, 6) is 2.42. The molecule has 1 aromatic heterocycles. The van der Waals surface area contributed by atoms with Crippen LogP contribution in [0.5, 0.6) is 0 Å². The summed E-state index contributed by atoms with van der Waals surface area (Å²) in [4.78, 5) is 7.01.